The van der Waals surface area contributed by atoms with E-state index in [4.69, 9.17) is 11.6 Å². The highest BCUT2D eigenvalue weighted by Gasteiger charge is 2.15. The van der Waals surface area contributed by atoms with Gasteiger partial charge in [0.1, 0.15) is 17.5 Å². The van der Waals surface area contributed by atoms with Crippen LogP contribution in [-0.4, -0.2) is 10.5 Å². The van der Waals surface area contributed by atoms with E-state index in [9.17, 15) is 14.4 Å². The first-order valence-electron chi connectivity index (χ1n) is 8.95. The summed E-state index contributed by atoms with van der Waals surface area (Å²) in [6, 6.07) is 15.2. The van der Waals surface area contributed by atoms with Crippen molar-refractivity contribution in [3.63, 3.8) is 0 Å². The fourth-order valence-electron chi connectivity index (χ4n) is 3.16. The van der Waals surface area contributed by atoms with E-state index in [2.05, 4.69) is 5.32 Å². The zero-order valence-electron chi connectivity index (χ0n) is 16.3. The zero-order chi connectivity index (χ0) is 21.1. The van der Waals surface area contributed by atoms with Gasteiger partial charge in [0.15, 0.2) is 0 Å². The van der Waals surface area contributed by atoms with Gasteiger partial charge in [-0.05, 0) is 80.4 Å². The van der Waals surface area contributed by atoms with Crippen LogP contribution in [0.1, 0.15) is 22.5 Å². The van der Waals surface area contributed by atoms with Crippen LogP contribution in [0.4, 0.5) is 10.1 Å². The highest BCUT2D eigenvalue weighted by molar-refractivity contribution is 6.31. The van der Waals surface area contributed by atoms with Crippen LogP contribution in [0.5, 0.6) is 0 Å². The Morgan fingerprint density at radius 3 is 2.52 bits per heavy atom. The smallest absolute Gasteiger partial charge is 0.266 e. The van der Waals surface area contributed by atoms with Crippen LogP contribution in [0, 0.1) is 37.9 Å². The monoisotopic (exact) mass is 407 g/mol. The van der Waals surface area contributed by atoms with E-state index in [1.54, 1.807) is 43.3 Å². The van der Waals surface area contributed by atoms with Gasteiger partial charge in [0, 0.05) is 27.8 Å². The van der Waals surface area contributed by atoms with Gasteiger partial charge in [0.25, 0.3) is 5.91 Å². The summed E-state index contributed by atoms with van der Waals surface area (Å²) in [6.45, 7) is 5.59. The van der Waals surface area contributed by atoms with Crippen molar-refractivity contribution in [3.05, 3.63) is 87.5 Å². The summed E-state index contributed by atoms with van der Waals surface area (Å²) in [4.78, 5) is 12.6. The Kier molecular flexibility index (Phi) is 5.86. The topological polar surface area (TPSA) is 57.8 Å². The number of nitrogens with zero attached hydrogens (tertiary/aromatic N) is 2. The molecular formula is C23H19ClFN3O. The molecule has 0 fully saturated rings. The van der Waals surface area contributed by atoms with Gasteiger partial charge >= 0.3 is 0 Å². The van der Waals surface area contributed by atoms with Crippen molar-refractivity contribution in [1.29, 1.82) is 5.26 Å². The molecule has 3 aromatic rings. The molecule has 1 N–H and O–H groups in total. The number of benzene rings is 2. The van der Waals surface area contributed by atoms with Crippen LogP contribution >= 0.6 is 11.6 Å². The molecular weight excluding hydrogens is 389 g/mol. The van der Waals surface area contributed by atoms with Crippen molar-refractivity contribution >= 4 is 29.3 Å². The van der Waals surface area contributed by atoms with Gasteiger partial charge in [-0.2, -0.15) is 5.26 Å². The fraction of sp³-hybridized carbons (Fsp3) is 0.130. The molecule has 1 heterocycles. The van der Waals surface area contributed by atoms with Gasteiger partial charge < -0.3 is 9.88 Å². The highest BCUT2D eigenvalue weighted by Crippen LogP contribution is 2.25. The van der Waals surface area contributed by atoms with Gasteiger partial charge in [-0.3, -0.25) is 4.79 Å². The minimum absolute atomic E-state index is 0.0243. The molecule has 1 amide bonds. The quantitative estimate of drug-likeness (QED) is 0.442. The maximum Gasteiger partial charge on any atom is 0.266 e. The first-order valence-corrected chi connectivity index (χ1v) is 9.32. The summed E-state index contributed by atoms with van der Waals surface area (Å²) in [5.41, 5.74) is 4.55. The summed E-state index contributed by atoms with van der Waals surface area (Å²) in [7, 11) is 0. The lowest BCUT2D eigenvalue weighted by atomic mass is 10.1. The Hall–Kier alpha value is -3.36. The summed E-state index contributed by atoms with van der Waals surface area (Å²) in [6.07, 6.45) is 1.55. The largest absolute Gasteiger partial charge is 0.321 e. The molecule has 4 nitrogen and oxygen atoms in total. The number of nitriles is 1. The number of carbonyl (C=O) groups is 1. The van der Waals surface area contributed by atoms with Crippen LogP contribution in [0.25, 0.3) is 11.8 Å². The average Bonchev–Trinajstić information content (AvgIpc) is 2.97. The second kappa shape index (κ2) is 8.34. The SMILES string of the molecule is Cc1c(Cl)cccc1NC(=O)C(C#N)=Cc1cc(C)n(-c2ccc(F)cc2)c1C. The first kappa shape index (κ1) is 20.4. The Balaban J connectivity index is 1.94. The Morgan fingerprint density at radius 1 is 1.17 bits per heavy atom. The number of nitrogens with one attached hydrogen (secondary N) is 1. The normalized spacial score (nSPS) is 11.2. The van der Waals surface area contributed by atoms with E-state index < -0.39 is 5.91 Å². The van der Waals surface area contributed by atoms with Gasteiger partial charge in [0.05, 0.1) is 0 Å². The maximum absolute atomic E-state index is 13.2. The number of aryl methyl sites for hydroxylation is 1. The molecule has 0 radical (unpaired) electrons. The Bertz CT molecular complexity index is 1150. The highest BCUT2D eigenvalue weighted by atomic mass is 35.5. The molecule has 0 saturated heterocycles. The molecule has 0 aliphatic heterocycles. The molecule has 2 aromatic carbocycles. The van der Waals surface area contributed by atoms with E-state index in [-0.39, 0.29) is 11.4 Å². The lowest BCUT2D eigenvalue weighted by molar-refractivity contribution is -0.112. The third-order valence-corrected chi connectivity index (χ3v) is 5.15. The van der Waals surface area contributed by atoms with Gasteiger partial charge in [-0.15, -0.1) is 0 Å². The third kappa shape index (κ3) is 4.23. The van der Waals surface area contributed by atoms with Gasteiger partial charge in [-0.1, -0.05) is 17.7 Å². The second-order valence-electron chi connectivity index (χ2n) is 6.67. The summed E-state index contributed by atoms with van der Waals surface area (Å²) >= 11 is 6.09. The molecule has 6 heteroatoms. The number of amides is 1. The van der Waals surface area contributed by atoms with Crippen LogP contribution in [0.15, 0.2) is 54.1 Å². The molecule has 0 saturated carbocycles. The molecule has 146 valence electrons. The van der Waals surface area contributed by atoms with Crippen molar-refractivity contribution < 1.29 is 9.18 Å². The van der Waals surface area contributed by atoms with Crippen molar-refractivity contribution in [3.8, 4) is 11.8 Å². The lowest BCUT2D eigenvalue weighted by Crippen LogP contribution is -2.14. The predicted octanol–water partition coefficient (Wildman–Crippen LogP) is 5.74. The van der Waals surface area contributed by atoms with Crippen molar-refractivity contribution in [2.75, 3.05) is 5.32 Å². The number of rotatable bonds is 4. The number of aromatic nitrogens is 1. The second-order valence-corrected chi connectivity index (χ2v) is 7.08. The van der Waals surface area contributed by atoms with E-state index >= 15 is 0 Å². The first-order chi connectivity index (χ1) is 13.8. The molecule has 29 heavy (non-hydrogen) atoms. The van der Waals surface area contributed by atoms with E-state index in [1.165, 1.54) is 12.1 Å². The number of hydrogen-bond donors (Lipinski definition) is 1. The van der Waals surface area contributed by atoms with Crippen molar-refractivity contribution in [2.45, 2.75) is 20.8 Å². The Morgan fingerprint density at radius 2 is 1.86 bits per heavy atom. The summed E-state index contributed by atoms with van der Waals surface area (Å²) in [5.74, 6) is -0.819. The standard InChI is InChI=1S/C23H19ClFN3O/c1-14-11-17(16(3)28(14)20-9-7-19(25)8-10-20)12-18(13-26)23(29)27-22-6-4-5-21(24)15(22)2/h4-12H,1-3H3,(H,27,29). The van der Waals surface area contributed by atoms with Gasteiger partial charge in [-0.25, -0.2) is 4.39 Å². The van der Waals surface area contributed by atoms with Crippen LogP contribution in [-0.2, 0) is 4.79 Å². The van der Waals surface area contributed by atoms with Crippen molar-refractivity contribution in [2.24, 2.45) is 0 Å². The lowest BCUT2D eigenvalue weighted by Gasteiger charge is -2.10. The zero-order valence-corrected chi connectivity index (χ0v) is 17.0. The van der Waals surface area contributed by atoms with E-state index in [1.807, 2.05) is 30.6 Å². The number of hydrogen-bond acceptors (Lipinski definition) is 2. The summed E-state index contributed by atoms with van der Waals surface area (Å²) < 4.78 is 15.2. The molecule has 0 unspecified atom stereocenters. The maximum atomic E-state index is 13.2. The molecule has 0 aliphatic rings. The Labute approximate surface area is 173 Å². The average molecular weight is 408 g/mol. The molecule has 0 bridgehead atoms. The molecule has 0 spiro atoms. The molecule has 0 aliphatic carbocycles. The van der Waals surface area contributed by atoms with Crippen LogP contribution in [0.2, 0.25) is 5.02 Å². The van der Waals surface area contributed by atoms with E-state index in [0.717, 1.165) is 28.2 Å². The van der Waals surface area contributed by atoms with Gasteiger partial charge in [0.2, 0.25) is 0 Å². The number of anilines is 1. The molecule has 1 aromatic heterocycles. The molecule has 0 atom stereocenters. The minimum Gasteiger partial charge on any atom is -0.321 e. The van der Waals surface area contributed by atoms with Crippen molar-refractivity contribution in [1.82, 2.24) is 4.57 Å². The molecule has 3 rings (SSSR count). The van der Waals surface area contributed by atoms with Crippen LogP contribution < -0.4 is 5.32 Å². The number of halogens is 2. The number of carbonyl (C=O) groups excluding carboxylic acids is 1. The summed E-state index contributed by atoms with van der Waals surface area (Å²) in [5, 5.41) is 12.8. The van der Waals surface area contributed by atoms with Crippen LogP contribution in [0.3, 0.4) is 0 Å². The predicted molar refractivity (Wildman–Crippen MR) is 114 cm³/mol. The van der Waals surface area contributed by atoms with E-state index in [0.29, 0.717) is 10.7 Å². The minimum atomic E-state index is -0.510. The third-order valence-electron chi connectivity index (χ3n) is 4.74. The fourth-order valence-corrected chi connectivity index (χ4v) is 3.33.